The van der Waals surface area contributed by atoms with Gasteiger partial charge in [0.25, 0.3) is 0 Å². The molecule has 0 aromatic heterocycles. The number of nitriles is 1. The lowest BCUT2D eigenvalue weighted by atomic mass is 10.2. The molecular weight excluding hydrogens is 124 g/mol. The SMILES string of the molecule is CC(C)N(C)C1(C#N)CC1. The topological polar surface area (TPSA) is 27.0 Å². The van der Waals surface area contributed by atoms with Crippen LogP contribution in [0.3, 0.4) is 0 Å². The Morgan fingerprint density at radius 2 is 2.00 bits per heavy atom. The molecule has 2 heteroatoms. The van der Waals surface area contributed by atoms with E-state index >= 15 is 0 Å². The van der Waals surface area contributed by atoms with Gasteiger partial charge in [-0.3, -0.25) is 4.90 Å². The maximum absolute atomic E-state index is 8.78. The van der Waals surface area contributed by atoms with Crippen LogP contribution in [0, 0.1) is 11.3 Å². The molecule has 0 aliphatic heterocycles. The zero-order valence-electron chi connectivity index (χ0n) is 6.89. The van der Waals surface area contributed by atoms with Crippen LogP contribution < -0.4 is 0 Å². The molecule has 0 aromatic carbocycles. The van der Waals surface area contributed by atoms with Crippen LogP contribution in [-0.2, 0) is 0 Å². The van der Waals surface area contributed by atoms with Crippen molar-refractivity contribution in [2.45, 2.75) is 38.3 Å². The van der Waals surface area contributed by atoms with E-state index in [2.05, 4.69) is 24.8 Å². The fourth-order valence-electron chi connectivity index (χ4n) is 1.16. The van der Waals surface area contributed by atoms with Crippen molar-refractivity contribution in [1.29, 1.82) is 5.26 Å². The highest BCUT2D eigenvalue weighted by atomic mass is 15.2. The quantitative estimate of drug-likeness (QED) is 0.576. The Morgan fingerprint density at radius 1 is 1.50 bits per heavy atom. The highest BCUT2D eigenvalue weighted by molar-refractivity contribution is 5.19. The van der Waals surface area contributed by atoms with E-state index in [1.54, 1.807) is 0 Å². The molecule has 0 amide bonds. The Morgan fingerprint density at radius 3 is 2.10 bits per heavy atom. The van der Waals surface area contributed by atoms with Gasteiger partial charge in [0.1, 0.15) is 5.54 Å². The molecule has 0 atom stereocenters. The number of hydrogen-bond acceptors (Lipinski definition) is 2. The first-order chi connectivity index (χ1) is 4.62. The summed E-state index contributed by atoms with van der Waals surface area (Å²) in [5.41, 5.74) is -0.0891. The van der Waals surface area contributed by atoms with Crippen LogP contribution in [0.1, 0.15) is 26.7 Å². The summed E-state index contributed by atoms with van der Waals surface area (Å²) in [6, 6.07) is 2.85. The van der Waals surface area contributed by atoms with Gasteiger partial charge in [0.05, 0.1) is 6.07 Å². The van der Waals surface area contributed by atoms with E-state index in [9.17, 15) is 0 Å². The molecule has 0 heterocycles. The lowest BCUT2D eigenvalue weighted by Crippen LogP contribution is -2.37. The highest BCUT2D eigenvalue weighted by Gasteiger charge is 2.47. The van der Waals surface area contributed by atoms with Gasteiger partial charge in [-0.2, -0.15) is 5.26 Å². The van der Waals surface area contributed by atoms with Crippen LogP contribution in [0.25, 0.3) is 0 Å². The zero-order chi connectivity index (χ0) is 7.78. The summed E-state index contributed by atoms with van der Waals surface area (Å²) in [5.74, 6) is 0. The molecular formula is C8H14N2. The fraction of sp³-hybridized carbons (Fsp3) is 0.875. The molecule has 0 spiro atoms. The second-order valence-corrected chi connectivity index (χ2v) is 3.35. The average Bonchev–Trinajstić information content (AvgIpc) is 2.66. The molecule has 0 aromatic rings. The predicted molar refractivity (Wildman–Crippen MR) is 40.5 cm³/mol. The molecule has 1 aliphatic rings. The van der Waals surface area contributed by atoms with E-state index < -0.39 is 0 Å². The second-order valence-electron chi connectivity index (χ2n) is 3.35. The molecule has 1 fully saturated rings. The minimum atomic E-state index is -0.0891. The third-order valence-corrected chi connectivity index (χ3v) is 2.38. The summed E-state index contributed by atoms with van der Waals surface area (Å²) >= 11 is 0. The highest BCUT2D eigenvalue weighted by Crippen LogP contribution is 2.40. The Kier molecular flexibility index (Phi) is 1.70. The van der Waals surface area contributed by atoms with E-state index in [0.29, 0.717) is 6.04 Å². The van der Waals surface area contributed by atoms with Crippen LogP contribution in [0.2, 0.25) is 0 Å². The summed E-state index contributed by atoms with van der Waals surface area (Å²) in [6.07, 6.45) is 2.11. The van der Waals surface area contributed by atoms with Crippen molar-refractivity contribution in [3.05, 3.63) is 0 Å². The summed E-state index contributed by atoms with van der Waals surface area (Å²) in [7, 11) is 2.03. The Labute approximate surface area is 62.4 Å². The van der Waals surface area contributed by atoms with Gasteiger partial charge in [-0.25, -0.2) is 0 Å². The first-order valence-corrected chi connectivity index (χ1v) is 3.76. The molecule has 0 bridgehead atoms. The maximum Gasteiger partial charge on any atom is 0.109 e. The molecule has 1 aliphatic carbocycles. The van der Waals surface area contributed by atoms with E-state index in [4.69, 9.17) is 5.26 Å². The summed E-state index contributed by atoms with van der Waals surface area (Å²) in [4.78, 5) is 2.16. The minimum absolute atomic E-state index is 0.0891. The van der Waals surface area contributed by atoms with E-state index in [0.717, 1.165) is 12.8 Å². The van der Waals surface area contributed by atoms with Crippen molar-refractivity contribution < 1.29 is 0 Å². The maximum atomic E-state index is 8.78. The number of hydrogen-bond donors (Lipinski definition) is 0. The van der Waals surface area contributed by atoms with E-state index in [1.165, 1.54) is 0 Å². The van der Waals surface area contributed by atoms with Crippen molar-refractivity contribution in [2.75, 3.05) is 7.05 Å². The Bertz CT molecular complexity index is 163. The van der Waals surface area contributed by atoms with Gasteiger partial charge in [0.15, 0.2) is 0 Å². The lowest BCUT2D eigenvalue weighted by molar-refractivity contribution is 0.218. The number of nitrogens with zero attached hydrogens (tertiary/aromatic N) is 2. The van der Waals surface area contributed by atoms with Gasteiger partial charge in [0.2, 0.25) is 0 Å². The standard InChI is InChI=1S/C8H14N2/c1-7(2)10(3)8(6-9)4-5-8/h7H,4-5H2,1-3H3. The summed E-state index contributed by atoms with van der Waals surface area (Å²) in [6.45, 7) is 4.24. The van der Waals surface area contributed by atoms with Crippen molar-refractivity contribution >= 4 is 0 Å². The van der Waals surface area contributed by atoms with Crippen LogP contribution in [0.5, 0.6) is 0 Å². The predicted octanol–water partition coefficient (Wildman–Crippen LogP) is 1.38. The van der Waals surface area contributed by atoms with Gasteiger partial charge in [-0.05, 0) is 33.7 Å². The van der Waals surface area contributed by atoms with Crippen molar-refractivity contribution in [3.63, 3.8) is 0 Å². The third kappa shape index (κ3) is 1.02. The summed E-state index contributed by atoms with van der Waals surface area (Å²) in [5, 5.41) is 8.78. The largest absolute Gasteiger partial charge is 0.286 e. The van der Waals surface area contributed by atoms with Crippen LogP contribution in [0.15, 0.2) is 0 Å². The molecule has 0 N–H and O–H groups in total. The molecule has 2 nitrogen and oxygen atoms in total. The first kappa shape index (κ1) is 7.56. The molecule has 1 saturated carbocycles. The smallest absolute Gasteiger partial charge is 0.109 e. The Hall–Kier alpha value is -0.550. The van der Waals surface area contributed by atoms with Gasteiger partial charge < -0.3 is 0 Å². The van der Waals surface area contributed by atoms with Gasteiger partial charge in [-0.1, -0.05) is 0 Å². The average molecular weight is 138 g/mol. The zero-order valence-corrected chi connectivity index (χ0v) is 6.89. The third-order valence-electron chi connectivity index (χ3n) is 2.38. The molecule has 56 valence electrons. The Balaban J connectivity index is 2.58. The fourth-order valence-corrected chi connectivity index (χ4v) is 1.16. The second kappa shape index (κ2) is 2.25. The molecule has 1 rings (SSSR count). The van der Waals surface area contributed by atoms with Gasteiger partial charge >= 0.3 is 0 Å². The summed E-state index contributed by atoms with van der Waals surface area (Å²) < 4.78 is 0. The van der Waals surface area contributed by atoms with E-state index in [-0.39, 0.29) is 5.54 Å². The first-order valence-electron chi connectivity index (χ1n) is 3.76. The minimum Gasteiger partial charge on any atom is -0.286 e. The molecule has 0 saturated heterocycles. The monoisotopic (exact) mass is 138 g/mol. The van der Waals surface area contributed by atoms with Crippen LogP contribution >= 0.6 is 0 Å². The van der Waals surface area contributed by atoms with E-state index in [1.807, 2.05) is 7.05 Å². The van der Waals surface area contributed by atoms with Crippen LogP contribution in [0.4, 0.5) is 0 Å². The number of rotatable bonds is 2. The molecule has 10 heavy (non-hydrogen) atoms. The normalized spacial score (nSPS) is 21.2. The van der Waals surface area contributed by atoms with Crippen LogP contribution in [-0.4, -0.2) is 23.5 Å². The molecule has 0 radical (unpaired) electrons. The van der Waals surface area contributed by atoms with Crippen molar-refractivity contribution in [1.82, 2.24) is 4.90 Å². The lowest BCUT2D eigenvalue weighted by Gasteiger charge is -2.25. The van der Waals surface area contributed by atoms with Gasteiger partial charge in [-0.15, -0.1) is 0 Å². The van der Waals surface area contributed by atoms with Gasteiger partial charge in [0, 0.05) is 6.04 Å². The van der Waals surface area contributed by atoms with Crippen molar-refractivity contribution in [3.8, 4) is 6.07 Å². The van der Waals surface area contributed by atoms with Crippen molar-refractivity contribution in [2.24, 2.45) is 0 Å². The molecule has 0 unspecified atom stereocenters.